The van der Waals surface area contributed by atoms with Crippen molar-refractivity contribution in [3.05, 3.63) is 48.5 Å². The molecule has 122 valence electrons. The number of hydrogen-bond donors (Lipinski definition) is 1. The summed E-state index contributed by atoms with van der Waals surface area (Å²) >= 11 is 0. The van der Waals surface area contributed by atoms with Crippen molar-refractivity contribution in [1.29, 1.82) is 0 Å². The van der Waals surface area contributed by atoms with E-state index >= 15 is 0 Å². The molecule has 0 radical (unpaired) electrons. The number of nitrogens with one attached hydrogen (secondary N) is 1. The van der Waals surface area contributed by atoms with E-state index in [0.29, 0.717) is 11.4 Å². The van der Waals surface area contributed by atoms with Crippen LogP contribution in [0.5, 0.6) is 11.5 Å². The van der Waals surface area contributed by atoms with Crippen molar-refractivity contribution in [3.8, 4) is 11.5 Å². The molecule has 0 heterocycles. The van der Waals surface area contributed by atoms with E-state index < -0.39 is 15.9 Å². The molecule has 0 aliphatic carbocycles. The van der Waals surface area contributed by atoms with Gasteiger partial charge in [0.25, 0.3) is 0 Å². The summed E-state index contributed by atoms with van der Waals surface area (Å²) in [7, 11) is -1.78. The highest BCUT2D eigenvalue weighted by molar-refractivity contribution is 7.91. The van der Waals surface area contributed by atoms with E-state index in [1.807, 2.05) is 0 Å². The van der Waals surface area contributed by atoms with Crippen LogP contribution in [-0.4, -0.2) is 27.4 Å². The molecule has 7 heteroatoms. The number of ether oxygens (including phenoxy) is 2. The van der Waals surface area contributed by atoms with Crippen LogP contribution >= 0.6 is 0 Å². The van der Waals surface area contributed by atoms with Crippen molar-refractivity contribution >= 4 is 21.6 Å². The molecule has 0 aromatic heterocycles. The maximum absolute atomic E-state index is 11.9. The van der Waals surface area contributed by atoms with Gasteiger partial charge in [-0.1, -0.05) is 19.1 Å². The molecular weight excluding hydrogens is 318 g/mol. The quantitative estimate of drug-likeness (QED) is 0.908. The number of methoxy groups -OCH3 is 1. The average Bonchev–Trinajstić information content (AvgIpc) is 2.55. The van der Waals surface area contributed by atoms with Gasteiger partial charge in [-0.05, 0) is 36.4 Å². The molecular formula is C16H17NO5S. The first-order chi connectivity index (χ1) is 11.0. The van der Waals surface area contributed by atoms with Crippen LogP contribution in [0.25, 0.3) is 0 Å². The van der Waals surface area contributed by atoms with Crippen LogP contribution in [0.2, 0.25) is 0 Å². The number of sulfone groups is 1. The van der Waals surface area contributed by atoms with E-state index in [1.54, 1.807) is 31.2 Å². The zero-order chi connectivity index (χ0) is 16.9. The molecule has 0 saturated carbocycles. The molecule has 6 nitrogen and oxygen atoms in total. The smallest absolute Gasteiger partial charge is 0.417 e. The van der Waals surface area contributed by atoms with Gasteiger partial charge in [0.15, 0.2) is 21.3 Å². The summed E-state index contributed by atoms with van der Waals surface area (Å²) in [4.78, 5) is 12.1. The second kappa shape index (κ2) is 7.15. The molecule has 23 heavy (non-hydrogen) atoms. The van der Waals surface area contributed by atoms with E-state index in [-0.39, 0.29) is 16.4 Å². The number of amides is 1. The SMILES string of the molecule is CCS(=O)(=O)c1ccc(NC(=O)Oc2ccccc2OC)cc1. The molecule has 0 spiro atoms. The highest BCUT2D eigenvalue weighted by atomic mass is 32.2. The van der Waals surface area contributed by atoms with Gasteiger partial charge in [0.05, 0.1) is 17.8 Å². The Kier molecular flexibility index (Phi) is 5.23. The second-order valence-corrected chi connectivity index (χ2v) is 6.87. The summed E-state index contributed by atoms with van der Waals surface area (Å²) < 4.78 is 33.7. The van der Waals surface area contributed by atoms with Crippen molar-refractivity contribution in [2.24, 2.45) is 0 Å². The molecule has 0 atom stereocenters. The number of carbonyl (C=O) groups is 1. The van der Waals surface area contributed by atoms with Gasteiger partial charge in [0, 0.05) is 5.69 Å². The third-order valence-electron chi connectivity index (χ3n) is 3.11. The molecule has 0 aliphatic heterocycles. The molecule has 2 aromatic carbocycles. The molecule has 0 bridgehead atoms. The van der Waals surface area contributed by atoms with Crippen LogP contribution in [0, 0.1) is 0 Å². The fourth-order valence-electron chi connectivity index (χ4n) is 1.86. The second-order valence-electron chi connectivity index (χ2n) is 4.59. The van der Waals surface area contributed by atoms with Gasteiger partial charge in [-0.3, -0.25) is 5.32 Å². The lowest BCUT2D eigenvalue weighted by molar-refractivity contribution is 0.213. The molecule has 1 N–H and O–H groups in total. The van der Waals surface area contributed by atoms with E-state index in [0.717, 1.165) is 0 Å². The normalized spacial score (nSPS) is 10.9. The summed E-state index contributed by atoms with van der Waals surface area (Å²) in [6.07, 6.45) is -0.694. The minimum atomic E-state index is -3.26. The average molecular weight is 335 g/mol. The topological polar surface area (TPSA) is 81.7 Å². The third kappa shape index (κ3) is 4.23. The number of para-hydroxylation sites is 2. The number of carbonyl (C=O) groups excluding carboxylic acids is 1. The van der Waals surface area contributed by atoms with Gasteiger partial charge in [-0.25, -0.2) is 13.2 Å². The molecule has 0 aliphatic rings. The molecule has 0 unspecified atom stereocenters. The van der Waals surface area contributed by atoms with Crippen molar-refractivity contribution in [3.63, 3.8) is 0 Å². The largest absolute Gasteiger partial charge is 0.493 e. The fraction of sp³-hybridized carbons (Fsp3) is 0.188. The molecule has 0 fully saturated rings. The Labute approximate surface area is 135 Å². The van der Waals surface area contributed by atoms with Crippen LogP contribution in [0.3, 0.4) is 0 Å². The highest BCUT2D eigenvalue weighted by Gasteiger charge is 2.12. The minimum absolute atomic E-state index is 0.0234. The lowest BCUT2D eigenvalue weighted by Crippen LogP contribution is -2.17. The van der Waals surface area contributed by atoms with E-state index in [9.17, 15) is 13.2 Å². The predicted molar refractivity (Wildman–Crippen MR) is 86.8 cm³/mol. The van der Waals surface area contributed by atoms with Gasteiger partial charge in [0.2, 0.25) is 0 Å². The summed E-state index contributed by atoms with van der Waals surface area (Å²) in [5.74, 6) is 0.750. The Hall–Kier alpha value is -2.54. The maximum Gasteiger partial charge on any atom is 0.417 e. The summed E-state index contributed by atoms with van der Waals surface area (Å²) in [6, 6.07) is 12.7. The van der Waals surface area contributed by atoms with Crippen molar-refractivity contribution in [2.75, 3.05) is 18.2 Å². The van der Waals surface area contributed by atoms with Crippen LogP contribution in [0.15, 0.2) is 53.4 Å². The zero-order valence-electron chi connectivity index (χ0n) is 12.8. The Morgan fingerprint density at radius 3 is 2.22 bits per heavy atom. The van der Waals surface area contributed by atoms with Crippen LogP contribution in [-0.2, 0) is 9.84 Å². The lowest BCUT2D eigenvalue weighted by Gasteiger charge is -2.10. The lowest BCUT2D eigenvalue weighted by atomic mass is 10.3. The Bertz CT molecular complexity index is 784. The highest BCUT2D eigenvalue weighted by Crippen LogP contribution is 2.26. The van der Waals surface area contributed by atoms with Crippen molar-refractivity contribution in [2.45, 2.75) is 11.8 Å². The maximum atomic E-state index is 11.9. The van der Waals surface area contributed by atoms with E-state index in [2.05, 4.69) is 5.32 Å². The predicted octanol–water partition coefficient (Wildman–Crippen LogP) is 3.10. The zero-order valence-corrected chi connectivity index (χ0v) is 13.6. The van der Waals surface area contributed by atoms with E-state index in [1.165, 1.54) is 31.4 Å². The number of benzene rings is 2. The Morgan fingerprint density at radius 2 is 1.65 bits per heavy atom. The number of rotatable bonds is 5. The number of anilines is 1. The molecule has 0 saturated heterocycles. The molecule has 2 aromatic rings. The monoisotopic (exact) mass is 335 g/mol. The van der Waals surface area contributed by atoms with Crippen LogP contribution in [0.4, 0.5) is 10.5 Å². The molecule has 1 amide bonds. The van der Waals surface area contributed by atoms with Crippen LogP contribution in [0.1, 0.15) is 6.92 Å². The first kappa shape index (κ1) is 16.8. The van der Waals surface area contributed by atoms with Gasteiger partial charge in [-0.15, -0.1) is 0 Å². The third-order valence-corrected chi connectivity index (χ3v) is 4.86. The van der Waals surface area contributed by atoms with Gasteiger partial charge in [0.1, 0.15) is 0 Å². The van der Waals surface area contributed by atoms with Gasteiger partial charge in [-0.2, -0.15) is 0 Å². The minimum Gasteiger partial charge on any atom is -0.493 e. The first-order valence-electron chi connectivity index (χ1n) is 6.91. The van der Waals surface area contributed by atoms with Crippen LogP contribution < -0.4 is 14.8 Å². The summed E-state index contributed by atoms with van der Waals surface area (Å²) in [6.45, 7) is 1.58. The molecule has 2 rings (SSSR count). The number of hydrogen-bond acceptors (Lipinski definition) is 5. The first-order valence-corrected chi connectivity index (χ1v) is 8.56. The summed E-state index contributed by atoms with van der Waals surface area (Å²) in [5, 5.41) is 2.53. The van der Waals surface area contributed by atoms with Crippen molar-refractivity contribution < 1.29 is 22.7 Å². The Morgan fingerprint density at radius 1 is 1.04 bits per heavy atom. The van der Waals surface area contributed by atoms with Crippen molar-refractivity contribution in [1.82, 2.24) is 0 Å². The van der Waals surface area contributed by atoms with Gasteiger partial charge >= 0.3 is 6.09 Å². The van der Waals surface area contributed by atoms with Gasteiger partial charge < -0.3 is 9.47 Å². The standard InChI is InChI=1S/C16H17NO5S/c1-3-23(19,20)13-10-8-12(9-11-13)17-16(18)22-15-7-5-4-6-14(15)21-2/h4-11H,3H2,1-2H3,(H,17,18). The summed E-state index contributed by atoms with van der Waals surface area (Å²) in [5.41, 5.74) is 0.431. The Balaban J connectivity index is 2.06. The fourth-order valence-corrected chi connectivity index (χ4v) is 2.74. The van der Waals surface area contributed by atoms with E-state index in [4.69, 9.17) is 9.47 Å².